The van der Waals surface area contributed by atoms with Gasteiger partial charge in [-0.3, -0.25) is 4.68 Å². The van der Waals surface area contributed by atoms with E-state index >= 15 is 0 Å². The smallest absolute Gasteiger partial charge is 0.201 e. The van der Waals surface area contributed by atoms with Gasteiger partial charge < -0.3 is 15.0 Å². The quantitative estimate of drug-likeness (QED) is 0.799. The SMILES string of the molecule is COc1cc2c(cc1F)nc(N)n2Cc1cn(C)nc1C. The van der Waals surface area contributed by atoms with Gasteiger partial charge in [-0.05, 0) is 6.92 Å². The first-order valence-corrected chi connectivity index (χ1v) is 6.48. The number of benzene rings is 1. The van der Waals surface area contributed by atoms with Crippen LogP contribution in [0.4, 0.5) is 10.3 Å². The second kappa shape index (κ2) is 4.76. The Kier molecular flexibility index (Phi) is 3.04. The van der Waals surface area contributed by atoms with Gasteiger partial charge in [-0.15, -0.1) is 0 Å². The zero-order chi connectivity index (χ0) is 15.1. The highest BCUT2D eigenvalue weighted by atomic mass is 19.1. The van der Waals surface area contributed by atoms with Gasteiger partial charge in [-0.25, -0.2) is 9.37 Å². The first-order valence-electron chi connectivity index (χ1n) is 6.48. The lowest BCUT2D eigenvalue weighted by Crippen LogP contribution is -2.05. The number of halogens is 1. The van der Waals surface area contributed by atoms with Gasteiger partial charge in [0.2, 0.25) is 5.95 Å². The lowest BCUT2D eigenvalue weighted by Gasteiger charge is -2.07. The number of imidazole rings is 1. The van der Waals surface area contributed by atoms with E-state index in [0.29, 0.717) is 18.0 Å². The predicted octanol–water partition coefficient (Wildman–Crippen LogP) is 1.86. The molecule has 2 N–H and O–H groups in total. The average molecular weight is 289 g/mol. The minimum absolute atomic E-state index is 0.173. The Morgan fingerprint density at radius 1 is 1.38 bits per heavy atom. The van der Waals surface area contributed by atoms with Crippen LogP contribution in [-0.4, -0.2) is 26.4 Å². The summed E-state index contributed by atoms with van der Waals surface area (Å²) in [7, 11) is 3.30. The molecule has 7 heteroatoms. The summed E-state index contributed by atoms with van der Waals surface area (Å²) in [5, 5.41) is 4.31. The number of nitrogens with zero attached hydrogens (tertiary/aromatic N) is 4. The van der Waals surface area contributed by atoms with E-state index in [-0.39, 0.29) is 5.75 Å². The molecule has 1 aromatic carbocycles. The molecular weight excluding hydrogens is 273 g/mol. The van der Waals surface area contributed by atoms with Crippen LogP contribution >= 0.6 is 0 Å². The van der Waals surface area contributed by atoms with Crippen molar-refractivity contribution in [2.45, 2.75) is 13.5 Å². The standard InChI is InChI=1S/C14H16FN5O/c1-8-9(6-19(2)18-8)7-20-12-5-13(21-3)10(15)4-11(12)17-14(20)16/h4-6H,7H2,1-3H3,(H2,16,17). The van der Waals surface area contributed by atoms with Crippen molar-refractivity contribution in [3.05, 3.63) is 35.4 Å². The predicted molar refractivity (Wildman–Crippen MR) is 77.7 cm³/mol. The van der Waals surface area contributed by atoms with Gasteiger partial charge in [0.15, 0.2) is 11.6 Å². The molecule has 0 saturated heterocycles. The zero-order valence-corrected chi connectivity index (χ0v) is 12.1. The Hall–Kier alpha value is -2.57. The van der Waals surface area contributed by atoms with E-state index in [9.17, 15) is 4.39 Å². The van der Waals surface area contributed by atoms with E-state index < -0.39 is 5.82 Å². The van der Waals surface area contributed by atoms with Crippen molar-refractivity contribution >= 4 is 17.0 Å². The number of ether oxygens (including phenoxy) is 1. The third-order valence-electron chi connectivity index (χ3n) is 3.49. The lowest BCUT2D eigenvalue weighted by atomic mass is 10.2. The minimum Gasteiger partial charge on any atom is -0.494 e. The topological polar surface area (TPSA) is 70.9 Å². The number of aromatic nitrogens is 4. The van der Waals surface area contributed by atoms with Crippen molar-refractivity contribution in [1.29, 1.82) is 0 Å². The third kappa shape index (κ3) is 2.20. The molecule has 0 fully saturated rings. The van der Waals surface area contributed by atoms with Crippen LogP contribution in [0, 0.1) is 12.7 Å². The number of aryl methyl sites for hydroxylation is 2. The molecule has 0 radical (unpaired) electrons. The van der Waals surface area contributed by atoms with Crippen LogP contribution < -0.4 is 10.5 Å². The second-order valence-electron chi connectivity index (χ2n) is 4.95. The van der Waals surface area contributed by atoms with E-state index in [1.807, 2.05) is 24.7 Å². The Morgan fingerprint density at radius 3 is 2.76 bits per heavy atom. The lowest BCUT2D eigenvalue weighted by molar-refractivity contribution is 0.387. The number of rotatable bonds is 3. The largest absolute Gasteiger partial charge is 0.494 e. The van der Waals surface area contributed by atoms with Crippen molar-refractivity contribution in [3.63, 3.8) is 0 Å². The number of anilines is 1. The number of nitrogens with two attached hydrogens (primary N) is 1. The Morgan fingerprint density at radius 2 is 2.14 bits per heavy atom. The summed E-state index contributed by atoms with van der Waals surface area (Å²) in [6.07, 6.45) is 1.93. The molecule has 0 unspecified atom stereocenters. The molecule has 0 aliphatic heterocycles. The van der Waals surface area contributed by atoms with Crippen molar-refractivity contribution in [3.8, 4) is 5.75 Å². The summed E-state index contributed by atoms with van der Waals surface area (Å²) >= 11 is 0. The zero-order valence-electron chi connectivity index (χ0n) is 12.1. The molecule has 0 aliphatic carbocycles. The molecule has 0 bridgehead atoms. The molecule has 0 atom stereocenters. The molecule has 0 saturated carbocycles. The van der Waals surface area contributed by atoms with Crippen molar-refractivity contribution in [2.75, 3.05) is 12.8 Å². The van der Waals surface area contributed by atoms with E-state index in [4.69, 9.17) is 10.5 Å². The van der Waals surface area contributed by atoms with Gasteiger partial charge in [0, 0.05) is 30.9 Å². The number of methoxy groups -OCH3 is 1. The van der Waals surface area contributed by atoms with Crippen molar-refractivity contribution < 1.29 is 9.13 Å². The van der Waals surface area contributed by atoms with Crippen LogP contribution in [0.2, 0.25) is 0 Å². The van der Waals surface area contributed by atoms with E-state index in [2.05, 4.69) is 10.1 Å². The van der Waals surface area contributed by atoms with Gasteiger partial charge in [0.25, 0.3) is 0 Å². The first kappa shape index (κ1) is 13.4. The van der Waals surface area contributed by atoms with Crippen LogP contribution in [0.3, 0.4) is 0 Å². The molecule has 110 valence electrons. The molecule has 6 nitrogen and oxygen atoms in total. The molecule has 0 aliphatic rings. The maximum absolute atomic E-state index is 13.7. The van der Waals surface area contributed by atoms with Gasteiger partial charge in [0.1, 0.15) is 0 Å². The third-order valence-corrected chi connectivity index (χ3v) is 3.49. The van der Waals surface area contributed by atoms with Gasteiger partial charge >= 0.3 is 0 Å². The second-order valence-corrected chi connectivity index (χ2v) is 4.95. The fourth-order valence-electron chi connectivity index (χ4n) is 2.44. The van der Waals surface area contributed by atoms with Crippen molar-refractivity contribution in [2.24, 2.45) is 7.05 Å². The number of nitrogen functional groups attached to an aromatic ring is 1. The fourth-order valence-corrected chi connectivity index (χ4v) is 2.44. The van der Waals surface area contributed by atoms with Gasteiger partial charge in [-0.1, -0.05) is 0 Å². The Labute approximate surface area is 120 Å². The monoisotopic (exact) mass is 289 g/mol. The molecule has 0 spiro atoms. The Balaban J connectivity index is 2.13. The van der Waals surface area contributed by atoms with E-state index in [1.165, 1.54) is 13.2 Å². The normalized spacial score (nSPS) is 11.2. The summed E-state index contributed by atoms with van der Waals surface area (Å²) in [6.45, 7) is 2.46. The Bertz CT molecular complexity index is 820. The summed E-state index contributed by atoms with van der Waals surface area (Å²) in [5.74, 6) is 0.0553. The highest BCUT2D eigenvalue weighted by molar-refractivity contribution is 5.80. The van der Waals surface area contributed by atoms with Gasteiger partial charge in [-0.2, -0.15) is 5.10 Å². The van der Waals surface area contributed by atoms with Gasteiger partial charge in [0.05, 0.1) is 30.4 Å². The summed E-state index contributed by atoms with van der Waals surface area (Å²) in [4.78, 5) is 4.20. The molecular formula is C14H16FN5O. The summed E-state index contributed by atoms with van der Waals surface area (Å²) < 4.78 is 22.3. The molecule has 2 aromatic heterocycles. The average Bonchev–Trinajstić information content (AvgIpc) is 2.89. The molecule has 0 amide bonds. The fraction of sp³-hybridized carbons (Fsp3) is 0.286. The van der Waals surface area contributed by atoms with Crippen LogP contribution in [-0.2, 0) is 13.6 Å². The number of hydrogen-bond acceptors (Lipinski definition) is 4. The minimum atomic E-state index is -0.452. The van der Waals surface area contributed by atoms with Crippen LogP contribution in [0.25, 0.3) is 11.0 Å². The summed E-state index contributed by atoms with van der Waals surface area (Å²) in [5.41, 5.74) is 9.16. The van der Waals surface area contributed by atoms with Crippen LogP contribution in [0.15, 0.2) is 18.3 Å². The highest BCUT2D eigenvalue weighted by Gasteiger charge is 2.14. The van der Waals surface area contributed by atoms with Crippen LogP contribution in [0.1, 0.15) is 11.3 Å². The molecule has 21 heavy (non-hydrogen) atoms. The highest BCUT2D eigenvalue weighted by Crippen LogP contribution is 2.27. The maximum atomic E-state index is 13.7. The summed E-state index contributed by atoms with van der Waals surface area (Å²) in [6, 6.07) is 2.94. The van der Waals surface area contributed by atoms with Crippen LogP contribution in [0.5, 0.6) is 5.75 Å². The first-order chi connectivity index (χ1) is 9.99. The molecule has 3 rings (SSSR count). The van der Waals surface area contributed by atoms with E-state index in [1.54, 1.807) is 10.7 Å². The number of fused-ring (bicyclic) bond motifs is 1. The maximum Gasteiger partial charge on any atom is 0.201 e. The molecule has 2 heterocycles. The van der Waals surface area contributed by atoms with Crippen molar-refractivity contribution in [1.82, 2.24) is 19.3 Å². The van der Waals surface area contributed by atoms with E-state index in [0.717, 1.165) is 16.8 Å². The number of hydrogen-bond donors (Lipinski definition) is 1. The molecule has 3 aromatic rings.